The van der Waals surface area contributed by atoms with Crippen molar-refractivity contribution in [1.29, 1.82) is 0 Å². The van der Waals surface area contributed by atoms with Gasteiger partial charge in [-0.15, -0.1) is 12.4 Å². The minimum absolute atomic E-state index is 0. The van der Waals surface area contributed by atoms with Gasteiger partial charge in [0.1, 0.15) is 0 Å². The summed E-state index contributed by atoms with van der Waals surface area (Å²) in [5, 5.41) is 6.09. The largest absolute Gasteiger partial charge is 0.352 e. The summed E-state index contributed by atoms with van der Waals surface area (Å²) in [7, 11) is 1.81. The third-order valence-corrected chi connectivity index (χ3v) is 4.79. The maximum atomic E-state index is 11.7. The molecule has 2 unspecified atom stereocenters. The molecule has 0 aliphatic carbocycles. The topological polar surface area (TPSA) is 44.4 Å². The van der Waals surface area contributed by atoms with Crippen LogP contribution in [-0.4, -0.2) is 42.5 Å². The number of nitrogens with zero attached hydrogens (tertiary/aromatic N) is 1. The number of halogens is 1. The highest BCUT2D eigenvalue weighted by Gasteiger charge is 2.40. The Hall–Kier alpha value is -1.10. The van der Waals surface area contributed by atoms with Crippen LogP contribution in [0.25, 0.3) is 0 Å². The number of nitrogens with one attached hydrogen (secondary N) is 2. The van der Waals surface area contributed by atoms with Crippen LogP contribution in [0.3, 0.4) is 0 Å². The fourth-order valence-corrected chi connectivity index (χ4v) is 3.88. The summed E-state index contributed by atoms with van der Waals surface area (Å²) in [6.07, 6.45) is 4.74. The van der Waals surface area contributed by atoms with Gasteiger partial charge >= 0.3 is 0 Å². The van der Waals surface area contributed by atoms with E-state index in [-0.39, 0.29) is 18.3 Å². The van der Waals surface area contributed by atoms with E-state index in [9.17, 15) is 4.79 Å². The first-order valence-corrected chi connectivity index (χ1v) is 8.00. The number of likely N-dealkylation sites (N-methyl/N-ethyl adjacent to an activating group) is 1. The average molecular weight is 324 g/mol. The van der Waals surface area contributed by atoms with Gasteiger partial charge in [0.25, 0.3) is 0 Å². The van der Waals surface area contributed by atoms with Crippen LogP contribution < -0.4 is 10.6 Å². The quantitative estimate of drug-likeness (QED) is 0.870. The number of carbonyl (C=O) groups excluding carboxylic acids is 1. The van der Waals surface area contributed by atoms with Gasteiger partial charge in [-0.2, -0.15) is 0 Å². The minimum Gasteiger partial charge on any atom is -0.352 e. The summed E-state index contributed by atoms with van der Waals surface area (Å²) in [4.78, 5) is 14.4. The summed E-state index contributed by atoms with van der Waals surface area (Å²) in [6, 6.07) is 12.3. The van der Waals surface area contributed by atoms with Crippen LogP contribution in [0.5, 0.6) is 0 Å². The zero-order chi connectivity index (χ0) is 14.7. The summed E-state index contributed by atoms with van der Waals surface area (Å²) in [5.74, 6) is 0.124. The normalized spacial score (nSPS) is 27.2. The third kappa shape index (κ3) is 4.00. The minimum atomic E-state index is 0. The zero-order valence-corrected chi connectivity index (χ0v) is 13.9. The number of hydrogen-bond donors (Lipinski definition) is 2. The van der Waals surface area contributed by atoms with Crippen LogP contribution >= 0.6 is 12.4 Å². The molecule has 22 heavy (non-hydrogen) atoms. The van der Waals surface area contributed by atoms with Crippen LogP contribution in [0.4, 0.5) is 0 Å². The van der Waals surface area contributed by atoms with Crippen LogP contribution in [0.1, 0.15) is 31.2 Å². The molecule has 2 bridgehead atoms. The Bertz CT molecular complexity index is 468. The lowest BCUT2D eigenvalue weighted by Crippen LogP contribution is -2.51. The molecule has 0 spiro atoms. The number of rotatable bonds is 5. The van der Waals surface area contributed by atoms with E-state index in [2.05, 4.69) is 45.9 Å². The maximum absolute atomic E-state index is 11.7. The first kappa shape index (κ1) is 17.3. The Morgan fingerprint density at radius 1 is 1.18 bits per heavy atom. The smallest absolute Gasteiger partial charge is 0.234 e. The lowest BCUT2D eigenvalue weighted by Gasteiger charge is -2.39. The van der Waals surface area contributed by atoms with E-state index in [1.165, 1.54) is 18.4 Å². The molecule has 2 aliphatic heterocycles. The predicted molar refractivity (Wildman–Crippen MR) is 91.1 cm³/mol. The van der Waals surface area contributed by atoms with Gasteiger partial charge in [0.15, 0.2) is 0 Å². The second-order valence-corrected chi connectivity index (χ2v) is 6.31. The molecule has 2 aliphatic rings. The van der Waals surface area contributed by atoms with Crippen molar-refractivity contribution in [3.05, 3.63) is 35.9 Å². The second kappa shape index (κ2) is 7.95. The highest BCUT2D eigenvalue weighted by Crippen LogP contribution is 2.36. The molecule has 2 atom stereocenters. The van der Waals surface area contributed by atoms with E-state index >= 15 is 0 Å². The standard InChI is InChI=1S/C17H25N3O.ClH/c1-18-11-17(21)19-14-9-15-7-8-16(10-14)20(15)12-13-5-3-2-4-6-13;/h2-6,14-16,18H,7-12H2,1H3,(H,19,21);1H. The summed E-state index contributed by atoms with van der Waals surface area (Å²) < 4.78 is 0. The summed E-state index contributed by atoms with van der Waals surface area (Å²) in [6.45, 7) is 1.47. The first-order chi connectivity index (χ1) is 10.3. The van der Waals surface area contributed by atoms with E-state index in [0.717, 1.165) is 19.4 Å². The molecular formula is C17H26ClN3O. The fraction of sp³-hybridized carbons (Fsp3) is 0.588. The molecular weight excluding hydrogens is 298 g/mol. The molecule has 3 rings (SSSR count). The lowest BCUT2D eigenvalue weighted by molar-refractivity contribution is -0.121. The van der Waals surface area contributed by atoms with Crippen LogP contribution in [0.2, 0.25) is 0 Å². The van der Waals surface area contributed by atoms with Crippen LogP contribution in [0.15, 0.2) is 30.3 Å². The molecule has 2 fully saturated rings. The number of piperidine rings is 1. The Balaban J connectivity index is 0.00000176. The van der Waals surface area contributed by atoms with Crippen molar-refractivity contribution in [3.63, 3.8) is 0 Å². The van der Waals surface area contributed by atoms with Gasteiger partial charge in [-0.25, -0.2) is 0 Å². The maximum Gasteiger partial charge on any atom is 0.234 e. The highest BCUT2D eigenvalue weighted by molar-refractivity contribution is 5.85. The molecule has 1 aromatic carbocycles. The van der Waals surface area contributed by atoms with E-state index in [0.29, 0.717) is 24.7 Å². The molecule has 5 heteroatoms. The number of carbonyl (C=O) groups is 1. The molecule has 2 heterocycles. The van der Waals surface area contributed by atoms with Crippen LogP contribution in [-0.2, 0) is 11.3 Å². The van der Waals surface area contributed by atoms with Crippen LogP contribution in [0, 0.1) is 0 Å². The molecule has 2 N–H and O–H groups in total. The third-order valence-electron chi connectivity index (χ3n) is 4.79. The SMILES string of the molecule is CNCC(=O)NC1CC2CCC(C1)N2Cc1ccccc1.Cl. The van der Waals surface area contributed by atoms with Gasteiger partial charge in [-0.3, -0.25) is 9.69 Å². The van der Waals surface area contributed by atoms with Crippen molar-refractivity contribution >= 4 is 18.3 Å². The molecule has 2 saturated heterocycles. The van der Waals surface area contributed by atoms with Crippen molar-refractivity contribution in [2.75, 3.05) is 13.6 Å². The van der Waals surface area contributed by atoms with Gasteiger partial charge in [0.2, 0.25) is 5.91 Å². The molecule has 122 valence electrons. The Morgan fingerprint density at radius 2 is 1.82 bits per heavy atom. The first-order valence-electron chi connectivity index (χ1n) is 8.00. The van der Waals surface area contributed by atoms with E-state index in [1.54, 1.807) is 0 Å². The van der Waals surface area contributed by atoms with Crippen molar-refractivity contribution < 1.29 is 4.79 Å². The van der Waals surface area contributed by atoms with Gasteiger partial charge in [0, 0.05) is 24.7 Å². The lowest BCUT2D eigenvalue weighted by atomic mass is 9.96. The number of hydrogen-bond acceptors (Lipinski definition) is 3. The number of fused-ring (bicyclic) bond motifs is 2. The van der Waals surface area contributed by atoms with Gasteiger partial charge in [0.05, 0.1) is 6.54 Å². The summed E-state index contributed by atoms with van der Waals surface area (Å²) in [5.41, 5.74) is 1.40. The van der Waals surface area contributed by atoms with Gasteiger partial charge in [-0.1, -0.05) is 30.3 Å². The van der Waals surface area contributed by atoms with Crippen molar-refractivity contribution in [2.45, 2.75) is 50.4 Å². The predicted octanol–water partition coefficient (Wildman–Crippen LogP) is 1.94. The Morgan fingerprint density at radius 3 is 2.41 bits per heavy atom. The highest BCUT2D eigenvalue weighted by atomic mass is 35.5. The number of amides is 1. The fourth-order valence-electron chi connectivity index (χ4n) is 3.88. The molecule has 1 amide bonds. The van der Waals surface area contributed by atoms with E-state index in [1.807, 2.05) is 7.05 Å². The molecule has 4 nitrogen and oxygen atoms in total. The molecule has 0 aromatic heterocycles. The van der Waals surface area contributed by atoms with Crippen molar-refractivity contribution in [3.8, 4) is 0 Å². The Labute approximate surface area is 139 Å². The monoisotopic (exact) mass is 323 g/mol. The number of benzene rings is 1. The molecule has 0 saturated carbocycles. The molecule has 0 radical (unpaired) electrons. The summed E-state index contributed by atoms with van der Waals surface area (Å²) >= 11 is 0. The van der Waals surface area contributed by atoms with Gasteiger partial charge < -0.3 is 10.6 Å². The second-order valence-electron chi connectivity index (χ2n) is 6.31. The van der Waals surface area contributed by atoms with Crippen molar-refractivity contribution in [1.82, 2.24) is 15.5 Å². The Kier molecular flexibility index (Phi) is 6.24. The van der Waals surface area contributed by atoms with Gasteiger partial charge in [-0.05, 0) is 38.3 Å². The zero-order valence-electron chi connectivity index (χ0n) is 13.1. The van der Waals surface area contributed by atoms with Crippen molar-refractivity contribution in [2.24, 2.45) is 0 Å². The van der Waals surface area contributed by atoms with E-state index < -0.39 is 0 Å². The van der Waals surface area contributed by atoms with E-state index in [4.69, 9.17) is 0 Å². The average Bonchev–Trinajstić information content (AvgIpc) is 2.71. The molecule has 1 aromatic rings.